The molecule has 2 N–H and O–H groups in total. The van der Waals surface area contributed by atoms with Crippen LogP contribution in [0.1, 0.15) is 5.69 Å². The van der Waals surface area contributed by atoms with Gasteiger partial charge in [-0.15, -0.1) is 0 Å². The van der Waals surface area contributed by atoms with Crippen molar-refractivity contribution in [1.82, 2.24) is 9.97 Å². The summed E-state index contributed by atoms with van der Waals surface area (Å²) in [7, 11) is 0. The first-order valence-electron chi connectivity index (χ1n) is 4.82. The van der Waals surface area contributed by atoms with Gasteiger partial charge in [0.25, 0.3) is 0 Å². The minimum atomic E-state index is 0.302. The number of pyridine rings is 2. The highest BCUT2D eigenvalue weighted by atomic mass is 79.9. The molecule has 2 heterocycles. The van der Waals surface area contributed by atoms with Gasteiger partial charge in [-0.2, -0.15) is 0 Å². The minimum Gasteiger partial charge on any atom is -0.454 e. The monoisotopic (exact) mass is 313 g/mol. The van der Waals surface area contributed by atoms with E-state index in [1.165, 1.54) is 6.20 Å². The normalized spacial score (nSPS) is 10.3. The number of hydrogen-bond acceptors (Lipinski definition) is 4. The molecule has 0 atom stereocenters. The number of rotatable bonds is 3. The lowest BCUT2D eigenvalue weighted by Crippen LogP contribution is -2.02. The average molecular weight is 315 g/mol. The lowest BCUT2D eigenvalue weighted by molar-refractivity contribution is 0.470. The predicted molar refractivity (Wildman–Crippen MR) is 69.1 cm³/mol. The SMILES string of the molecule is NCc1ncc(Br)cc1Oc1cncc(Cl)c1. The Kier molecular flexibility index (Phi) is 3.93. The van der Waals surface area contributed by atoms with Crippen LogP contribution in [0.4, 0.5) is 0 Å². The number of aromatic nitrogens is 2. The number of hydrogen-bond donors (Lipinski definition) is 1. The lowest BCUT2D eigenvalue weighted by atomic mass is 10.3. The Hall–Kier alpha value is -1.17. The Bertz CT molecular complexity index is 536. The molecule has 2 aromatic rings. The van der Waals surface area contributed by atoms with Gasteiger partial charge in [0.05, 0.1) is 16.9 Å². The van der Waals surface area contributed by atoms with E-state index in [0.717, 1.165) is 4.47 Å². The molecule has 6 heteroatoms. The van der Waals surface area contributed by atoms with E-state index in [1.807, 2.05) is 0 Å². The van der Waals surface area contributed by atoms with Gasteiger partial charge in [0.15, 0.2) is 5.75 Å². The summed E-state index contributed by atoms with van der Waals surface area (Å²) in [6, 6.07) is 3.48. The molecule has 0 fully saturated rings. The molecule has 0 radical (unpaired) electrons. The summed E-state index contributed by atoms with van der Waals surface area (Å²) in [4.78, 5) is 8.10. The molecule has 0 unspecified atom stereocenters. The number of ether oxygens (including phenoxy) is 1. The zero-order valence-corrected chi connectivity index (χ0v) is 11.1. The Morgan fingerprint density at radius 2 is 2.12 bits per heavy atom. The highest BCUT2D eigenvalue weighted by Crippen LogP contribution is 2.27. The van der Waals surface area contributed by atoms with Gasteiger partial charge in [-0.3, -0.25) is 9.97 Å². The molecule has 0 aliphatic heterocycles. The first kappa shape index (κ1) is 12.3. The maximum Gasteiger partial charge on any atom is 0.151 e. The fourth-order valence-corrected chi connectivity index (χ4v) is 1.74. The van der Waals surface area contributed by atoms with Crippen molar-refractivity contribution in [1.29, 1.82) is 0 Å². The zero-order chi connectivity index (χ0) is 12.3. The Morgan fingerprint density at radius 3 is 2.82 bits per heavy atom. The Labute approximate surface area is 112 Å². The molecule has 0 aromatic carbocycles. The van der Waals surface area contributed by atoms with Gasteiger partial charge in [-0.25, -0.2) is 0 Å². The van der Waals surface area contributed by atoms with Crippen molar-refractivity contribution >= 4 is 27.5 Å². The molecule has 4 nitrogen and oxygen atoms in total. The van der Waals surface area contributed by atoms with Crippen LogP contribution < -0.4 is 10.5 Å². The highest BCUT2D eigenvalue weighted by molar-refractivity contribution is 9.10. The molecule has 0 aliphatic rings. The third-order valence-corrected chi connectivity index (χ3v) is 2.64. The summed E-state index contributed by atoms with van der Waals surface area (Å²) in [5, 5.41) is 0.514. The number of nitrogens with zero attached hydrogens (tertiary/aromatic N) is 2. The topological polar surface area (TPSA) is 61.0 Å². The highest BCUT2D eigenvalue weighted by Gasteiger charge is 2.06. The van der Waals surface area contributed by atoms with Crippen molar-refractivity contribution in [2.24, 2.45) is 5.73 Å². The maximum atomic E-state index is 5.82. The molecule has 88 valence electrons. The molecule has 2 aromatic heterocycles. The van der Waals surface area contributed by atoms with Gasteiger partial charge < -0.3 is 10.5 Å². The van der Waals surface area contributed by atoms with Crippen LogP contribution in [0.2, 0.25) is 5.02 Å². The van der Waals surface area contributed by atoms with Gasteiger partial charge in [-0.1, -0.05) is 11.6 Å². The molecule has 0 saturated heterocycles. The van der Waals surface area contributed by atoms with Crippen LogP contribution in [0, 0.1) is 0 Å². The van der Waals surface area contributed by atoms with E-state index in [4.69, 9.17) is 22.1 Å². The van der Waals surface area contributed by atoms with Crippen LogP contribution in [-0.4, -0.2) is 9.97 Å². The third kappa shape index (κ3) is 3.15. The summed E-state index contributed by atoms with van der Waals surface area (Å²) in [5.41, 5.74) is 6.26. The van der Waals surface area contributed by atoms with Crippen molar-refractivity contribution in [3.63, 3.8) is 0 Å². The van der Waals surface area contributed by atoms with E-state index in [0.29, 0.717) is 28.8 Å². The first-order chi connectivity index (χ1) is 8.19. The fraction of sp³-hybridized carbons (Fsp3) is 0.0909. The summed E-state index contributed by atoms with van der Waals surface area (Å²) in [5.74, 6) is 1.14. The molecule has 0 saturated carbocycles. The van der Waals surface area contributed by atoms with Gasteiger partial charge in [0.2, 0.25) is 0 Å². The van der Waals surface area contributed by atoms with Gasteiger partial charge >= 0.3 is 0 Å². The average Bonchev–Trinajstić information content (AvgIpc) is 2.29. The summed E-state index contributed by atoms with van der Waals surface area (Å²) in [6.07, 6.45) is 4.79. The molecular formula is C11H9BrClN3O. The molecular weight excluding hydrogens is 305 g/mol. The van der Waals surface area contributed by atoms with Gasteiger partial charge in [0.1, 0.15) is 5.75 Å². The van der Waals surface area contributed by atoms with Crippen molar-refractivity contribution in [3.8, 4) is 11.5 Å². The van der Waals surface area contributed by atoms with E-state index in [-0.39, 0.29) is 0 Å². The summed E-state index contributed by atoms with van der Waals surface area (Å²) in [6.45, 7) is 0.302. The van der Waals surface area contributed by atoms with Crippen LogP contribution in [-0.2, 0) is 6.54 Å². The molecule has 0 amide bonds. The second kappa shape index (κ2) is 5.44. The van der Waals surface area contributed by atoms with Crippen molar-refractivity contribution in [3.05, 3.63) is 45.9 Å². The largest absolute Gasteiger partial charge is 0.454 e. The van der Waals surface area contributed by atoms with E-state index in [2.05, 4.69) is 25.9 Å². The van der Waals surface area contributed by atoms with E-state index < -0.39 is 0 Å². The summed E-state index contributed by atoms with van der Waals surface area (Å²) >= 11 is 9.15. The third-order valence-electron chi connectivity index (χ3n) is 2.00. The smallest absolute Gasteiger partial charge is 0.151 e. The molecule has 0 aliphatic carbocycles. The predicted octanol–water partition coefficient (Wildman–Crippen LogP) is 3.14. The van der Waals surface area contributed by atoms with Crippen molar-refractivity contribution in [2.75, 3.05) is 0 Å². The Balaban J connectivity index is 2.32. The minimum absolute atomic E-state index is 0.302. The van der Waals surface area contributed by atoms with Crippen molar-refractivity contribution < 1.29 is 4.74 Å². The van der Waals surface area contributed by atoms with Crippen LogP contribution >= 0.6 is 27.5 Å². The molecule has 17 heavy (non-hydrogen) atoms. The van der Waals surface area contributed by atoms with Crippen LogP contribution in [0.25, 0.3) is 0 Å². The van der Waals surface area contributed by atoms with E-state index >= 15 is 0 Å². The maximum absolute atomic E-state index is 5.82. The van der Waals surface area contributed by atoms with E-state index in [1.54, 1.807) is 24.5 Å². The molecule has 0 bridgehead atoms. The van der Waals surface area contributed by atoms with Crippen LogP contribution in [0.5, 0.6) is 11.5 Å². The number of nitrogens with two attached hydrogens (primary N) is 1. The Morgan fingerprint density at radius 1 is 1.29 bits per heavy atom. The zero-order valence-electron chi connectivity index (χ0n) is 8.73. The molecule has 2 rings (SSSR count). The van der Waals surface area contributed by atoms with E-state index in [9.17, 15) is 0 Å². The quantitative estimate of drug-likeness (QED) is 0.945. The second-order valence-electron chi connectivity index (χ2n) is 3.24. The van der Waals surface area contributed by atoms with Crippen LogP contribution in [0.3, 0.4) is 0 Å². The lowest BCUT2D eigenvalue weighted by Gasteiger charge is -2.09. The first-order valence-corrected chi connectivity index (χ1v) is 5.99. The standard InChI is InChI=1S/C11H9BrClN3O/c12-7-1-11(10(3-14)16-4-7)17-9-2-8(13)5-15-6-9/h1-2,4-6H,3,14H2. The molecule has 0 spiro atoms. The van der Waals surface area contributed by atoms with Crippen LogP contribution in [0.15, 0.2) is 35.2 Å². The second-order valence-corrected chi connectivity index (χ2v) is 4.60. The van der Waals surface area contributed by atoms with Gasteiger partial charge in [0, 0.05) is 29.5 Å². The summed E-state index contributed by atoms with van der Waals surface area (Å²) < 4.78 is 6.46. The van der Waals surface area contributed by atoms with Crippen molar-refractivity contribution in [2.45, 2.75) is 6.54 Å². The fourth-order valence-electron chi connectivity index (χ4n) is 1.27. The van der Waals surface area contributed by atoms with Gasteiger partial charge in [-0.05, 0) is 22.0 Å². The number of halogens is 2.